The maximum Gasteiger partial charge on any atom is 0.262 e. The summed E-state index contributed by atoms with van der Waals surface area (Å²) in [5, 5.41) is 2.62. The van der Waals surface area contributed by atoms with Crippen LogP contribution in [0, 0.1) is 18.8 Å². The summed E-state index contributed by atoms with van der Waals surface area (Å²) in [6, 6.07) is 8.11. The summed E-state index contributed by atoms with van der Waals surface area (Å²) in [7, 11) is 1.80. The molecule has 0 aliphatic rings. The Morgan fingerprint density at radius 3 is 2.44 bits per heavy atom. The van der Waals surface area contributed by atoms with Crippen molar-refractivity contribution in [1.29, 1.82) is 0 Å². The lowest BCUT2D eigenvalue weighted by molar-refractivity contribution is 0.832. The first-order valence-electron chi connectivity index (χ1n) is 8.29. The van der Waals surface area contributed by atoms with Gasteiger partial charge in [0.05, 0.1) is 5.39 Å². The Balaban J connectivity index is 0.000000511. The average Bonchev–Trinajstić information content (AvgIpc) is 3.07. The van der Waals surface area contributed by atoms with Gasteiger partial charge in [0.1, 0.15) is 10.7 Å². The van der Waals surface area contributed by atoms with Gasteiger partial charge < -0.3 is 0 Å². The maximum absolute atomic E-state index is 12.5. The Morgan fingerprint density at radius 1 is 1.16 bits per heavy atom. The van der Waals surface area contributed by atoms with Crippen molar-refractivity contribution >= 4 is 21.6 Å². The summed E-state index contributed by atoms with van der Waals surface area (Å²) in [5.41, 5.74) is 3.49. The van der Waals surface area contributed by atoms with Crippen molar-refractivity contribution in [3.63, 3.8) is 0 Å². The third-order valence-electron chi connectivity index (χ3n) is 4.11. The summed E-state index contributed by atoms with van der Waals surface area (Å²) in [6.07, 6.45) is 0. The highest BCUT2D eigenvalue weighted by Crippen LogP contribution is 2.31. The molecule has 0 unspecified atom stereocenters. The Hall–Kier alpha value is -2.38. The zero-order valence-corrected chi connectivity index (χ0v) is 16.5. The number of fused-ring (bicyclic) bond motifs is 1. The first-order chi connectivity index (χ1) is 11.9. The molecular weight excluding hydrogens is 328 g/mol. The lowest BCUT2D eigenvalue weighted by atomic mass is 9.93. The summed E-state index contributed by atoms with van der Waals surface area (Å²) in [6.45, 7) is 10.0. The molecule has 3 rings (SSSR count). The first-order valence-corrected chi connectivity index (χ1v) is 9.17. The van der Waals surface area contributed by atoms with Crippen molar-refractivity contribution in [2.24, 2.45) is 7.05 Å². The van der Waals surface area contributed by atoms with Crippen LogP contribution in [-0.4, -0.2) is 9.55 Å². The second-order valence-corrected chi connectivity index (χ2v) is 7.03. The van der Waals surface area contributed by atoms with Crippen LogP contribution in [0.5, 0.6) is 0 Å². The van der Waals surface area contributed by atoms with Crippen LogP contribution in [0.15, 0.2) is 34.4 Å². The monoisotopic (exact) mass is 352 g/mol. The number of rotatable bonds is 2. The van der Waals surface area contributed by atoms with Crippen molar-refractivity contribution in [2.75, 3.05) is 0 Å². The Morgan fingerprint density at radius 2 is 1.84 bits per heavy atom. The van der Waals surface area contributed by atoms with E-state index in [1.807, 2.05) is 25.3 Å². The largest absolute Gasteiger partial charge is 0.295 e. The van der Waals surface area contributed by atoms with Crippen molar-refractivity contribution < 1.29 is 0 Å². The van der Waals surface area contributed by atoms with Gasteiger partial charge in [-0.3, -0.25) is 9.36 Å². The van der Waals surface area contributed by atoms with E-state index >= 15 is 0 Å². The predicted molar refractivity (Wildman–Crippen MR) is 108 cm³/mol. The van der Waals surface area contributed by atoms with Crippen LogP contribution in [0.2, 0.25) is 0 Å². The van der Waals surface area contributed by atoms with Gasteiger partial charge in [-0.25, -0.2) is 4.98 Å². The summed E-state index contributed by atoms with van der Waals surface area (Å²) < 4.78 is 1.67. The molecular formula is C21H24N2OS. The van der Waals surface area contributed by atoms with Crippen LogP contribution in [-0.2, 0) is 7.05 Å². The fourth-order valence-corrected chi connectivity index (χ4v) is 3.45. The van der Waals surface area contributed by atoms with Gasteiger partial charge in [0, 0.05) is 12.6 Å². The summed E-state index contributed by atoms with van der Waals surface area (Å²) >= 11 is 1.51. The van der Waals surface area contributed by atoms with Crippen LogP contribution in [0.3, 0.4) is 0 Å². The highest BCUT2D eigenvalue weighted by molar-refractivity contribution is 7.16. The van der Waals surface area contributed by atoms with E-state index in [4.69, 9.17) is 4.98 Å². The molecule has 0 radical (unpaired) electrons. The van der Waals surface area contributed by atoms with Gasteiger partial charge in [0.25, 0.3) is 5.56 Å². The molecule has 130 valence electrons. The van der Waals surface area contributed by atoms with Crippen molar-refractivity contribution in [3.05, 3.63) is 51.1 Å². The molecule has 25 heavy (non-hydrogen) atoms. The number of hydrogen-bond donors (Lipinski definition) is 0. The second-order valence-electron chi connectivity index (χ2n) is 6.13. The van der Waals surface area contributed by atoms with E-state index in [9.17, 15) is 4.79 Å². The third kappa shape index (κ3) is 3.83. The van der Waals surface area contributed by atoms with E-state index in [-0.39, 0.29) is 5.56 Å². The number of nitrogens with zero attached hydrogens (tertiary/aromatic N) is 2. The Bertz CT molecular complexity index is 994. The molecule has 0 saturated heterocycles. The van der Waals surface area contributed by atoms with E-state index in [2.05, 4.69) is 50.8 Å². The van der Waals surface area contributed by atoms with Gasteiger partial charge >= 0.3 is 0 Å². The SMILES string of the molecule is CC#CC.Cc1cccc(C(C)C)c1-c1nc2sccc2c(=O)n1C. The molecule has 3 aromatic rings. The maximum atomic E-state index is 12.5. The first kappa shape index (κ1) is 19.0. The molecule has 0 N–H and O–H groups in total. The molecule has 4 heteroatoms. The van der Waals surface area contributed by atoms with E-state index in [1.165, 1.54) is 16.9 Å². The lowest BCUT2D eigenvalue weighted by Gasteiger charge is -2.17. The zero-order chi connectivity index (χ0) is 18.6. The van der Waals surface area contributed by atoms with Crippen LogP contribution in [0.25, 0.3) is 21.6 Å². The molecule has 0 atom stereocenters. The second kappa shape index (κ2) is 8.13. The number of benzene rings is 1. The molecule has 3 nitrogen and oxygen atoms in total. The van der Waals surface area contributed by atoms with Crippen LogP contribution in [0.4, 0.5) is 0 Å². The van der Waals surface area contributed by atoms with Gasteiger partial charge in [-0.1, -0.05) is 32.0 Å². The number of aromatic nitrogens is 2. The number of aryl methyl sites for hydroxylation is 1. The van der Waals surface area contributed by atoms with Gasteiger partial charge in [0.2, 0.25) is 0 Å². The van der Waals surface area contributed by atoms with Gasteiger partial charge in [-0.05, 0) is 49.3 Å². The molecule has 0 aliphatic heterocycles. The molecule has 0 spiro atoms. The summed E-state index contributed by atoms with van der Waals surface area (Å²) in [5.74, 6) is 6.51. The lowest BCUT2D eigenvalue weighted by Crippen LogP contribution is -2.20. The third-order valence-corrected chi connectivity index (χ3v) is 4.91. The van der Waals surface area contributed by atoms with E-state index < -0.39 is 0 Å². The summed E-state index contributed by atoms with van der Waals surface area (Å²) in [4.78, 5) is 18.1. The zero-order valence-electron chi connectivity index (χ0n) is 15.7. The van der Waals surface area contributed by atoms with Crippen LogP contribution < -0.4 is 5.56 Å². The fraction of sp³-hybridized carbons (Fsp3) is 0.333. The van der Waals surface area contributed by atoms with E-state index in [1.54, 1.807) is 11.6 Å². The molecule has 0 fully saturated rings. The van der Waals surface area contributed by atoms with E-state index in [0.29, 0.717) is 11.3 Å². The fourth-order valence-electron chi connectivity index (χ4n) is 2.70. The number of hydrogen-bond acceptors (Lipinski definition) is 3. The van der Waals surface area contributed by atoms with Crippen LogP contribution in [0.1, 0.15) is 44.7 Å². The van der Waals surface area contributed by atoms with Crippen molar-refractivity contribution in [2.45, 2.75) is 40.5 Å². The Labute approximate surface area is 153 Å². The highest BCUT2D eigenvalue weighted by atomic mass is 32.1. The predicted octanol–water partition coefficient (Wildman–Crippen LogP) is 5.12. The topological polar surface area (TPSA) is 34.9 Å². The minimum Gasteiger partial charge on any atom is -0.295 e. The van der Waals surface area contributed by atoms with E-state index in [0.717, 1.165) is 21.8 Å². The van der Waals surface area contributed by atoms with Crippen molar-refractivity contribution in [3.8, 4) is 23.2 Å². The molecule has 1 aromatic carbocycles. The van der Waals surface area contributed by atoms with Crippen molar-refractivity contribution in [1.82, 2.24) is 9.55 Å². The molecule has 2 heterocycles. The average molecular weight is 353 g/mol. The quantitative estimate of drug-likeness (QED) is 0.600. The molecule has 0 saturated carbocycles. The normalized spacial score (nSPS) is 10.2. The highest BCUT2D eigenvalue weighted by Gasteiger charge is 2.17. The molecule has 0 amide bonds. The minimum absolute atomic E-state index is 0.0224. The molecule has 2 aromatic heterocycles. The van der Waals surface area contributed by atoms with Gasteiger partial charge in [-0.2, -0.15) is 0 Å². The van der Waals surface area contributed by atoms with Crippen LogP contribution >= 0.6 is 11.3 Å². The van der Waals surface area contributed by atoms with Gasteiger partial charge in [-0.15, -0.1) is 23.2 Å². The molecule has 0 aliphatic carbocycles. The van der Waals surface area contributed by atoms with Gasteiger partial charge in [0.15, 0.2) is 0 Å². The smallest absolute Gasteiger partial charge is 0.262 e. The standard InChI is InChI=1S/C17H18N2OS.C4H6/c1-10(2)12-7-5-6-11(3)14(12)15-18-16-13(8-9-21-16)17(20)19(15)4;1-3-4-2/h5-10H,1-4H3;1-2H3. The molecule has 0 bridgehead atoms. The Kier molecular flexibility index (Phi) is 6.17. The minimum atomic E-state index is 0.0224. The number of thiophene rings is 1.